The lowest BCUT2D eigenvalue weighted by Gasteiger charge is -2.26. The van der Waals surface area contributed by atoms with Crippen LogP contribution in [0.2, 0.25) is 0 Å². The molecule has 158 valence electrons. The average Bonchev–Trinajstić information content (AvgIpc) is 3.22. The third kappa shape index (κ3) is 7.13. The van der Waals surface area contributed by atoms with Gasteiger partial charge in [-0.15, -0.1) is 12.4 Å². The van der Waals surface area contributed by atoms with E-state index in [9.17, 15) is 4.79 Å². The third-order valence-corrected chi connectivity index (χ3v) is 5.11. The van der Waals surface area contributed by atoms with E-state index in [1.807, 2.05) is 35.1 Å². The zero-order valence-electron chi connectivity index (χ0n) is 17.0. The predicted molar refractivity (Wildman–Crippen MR) is 117 cm³/mol. The second kappa shape index (κ2) is 11.5. The molecule has 1 fully saturated rings. The zero-order valence-corrected chi connectivity index (χ0v) is 17.9. The fourth-order valence-electron chi connectivity index (χ4n) is 3.41. The van der Waals surface area contributed by atoms with Gasteiger partial charge in [-0.05, 0) is 61.4 Å². The molecule has 7 heteroatoms. The second-order valence-electron chi connectivity index (χ2n) is 7.33. The van der Waals surface area contributed by atoms with Gasteiger partial charge in [-0.1, -0.05) is 13.0 Å². The molecule has 29 heavy (non-hydrogen) atoms. The fraction of sp³-hybridized carbons (Fsp3) is 0.455. The molecule has 0 aliphatic heterocycles. The molecular formula is C22H30ClN3O3. The lowest BCUT2D eigenvalue weighted by molar-refractivity contribution is -0.117. The molecule has 1 amide bonds. The number of hydrogen-bond acceptors (Lipinski definition) is 4. The van der Waals surface area contributed by atoms with Gasteiger partial charge in [0.05, 0.1) is 13.7 Å². The summed E-state index contributed by atoms with van der Waals surface area (Å²) in [7, 11) is 1.61. The molecule has 0 radical (unpaired) electrons. The van der Waals surface area contributed by atoms with E-state index in [2.05, 4.69) is 17.3 Å². The van der Waals surface area contributed by atoms with E-state index in [1.165, 1.54) is 12.8 Å². The molecule has 6 nitrogen and oxygen atoms in total. The van der Waals surface area contributed by atoms with E-state index in [0.717, 1.165) is 24.3 Å². The first-order chi connectivity index (χ1) is 13.6. The van der Waals surface area contributed by atoms with Crippen LogP contribution < -0.4 is 14.8 Å². The molecule has 0 atom stereocenters. The van der Waals surface area contributed by atoms with Gasteiger partial charge in [-0.3, -0.25) is 9.48 Å². The predicted octanol–water partition coefficient (Wildman–Crippen LogP) is 4.10. The standard InChI is InChI=1S/C22H29N3O3.ClH/c1-17-4-8-19(9-5-17)24-22(26)11-7-18-6-10-20(21(16-18)27-2)28-15-14-25-13-3-12-23-25;/h3,6-7,10-13,16-17,19H,4-5,8-9,14-15H2,1-2H3,(H,24,26);1H/t17-,19-;. The summed E-state index contributed by atoms with van der Waals surface area (Å²) in [5.41, 5.74) is 0.892. The number of benzene rings is 1. The molecule has 1 N–H and O–H groups in total. The van der Waals surface area contributed by atoms with Gasteiger partial charge >= 0.3 is 0 Å². The van der Waals surface area contributed by atoms with Crippen LogP contribution in [0.1, 0.15) is 38.2 Å². The molecule has 0 spiro atoms. The van der Waals surface area contributed by atoms with Crippen LogP contribution in [0.3, 0.4) is 0 Å². The summed E-state index contributed by atoms with van der Waals surface area (Å²) in [6.07, 6.45) is 11.5. The van der Waals surface area contributed by atoms with Crippen molar-refractivity contribution in [1.29, 1.82) is 0 Å². The van der Waals surface area contributed by atoms with Crippen LogP contribution in [0.4, 0.5) is 0 Å². The molecule has 2 aromatic rings. The van der Waals surface area contributed by atoms with Crippen molar-refractivity contribution in [3.05, 3.63) is 48.3 Å². The van der Waals surface area contributed by atoms with Crippen molar-refractivity contribution in [2.75, 3.05) is 13.7 Å². The quantitative estimate of drug-likeness (QED) is 0.654. The van der Waals surface area contributed by atoms with Crippen LogP contribution in [0, 0.1) is 5.92 Å². The minimum atomic E-state index is -0.0435. The first-order valence-corrected chi connectivity index (χ1v) is 9.91. The zero-order chi connectivity index (χ0) is 19.8. The van der Waals surface area contributed by atoms with E-state index in [-0.39, 0.29) is 18.3 Å². The van der Waals surface area contributed by atoms with Crippen molar-refractivity contribution >= 4 is 24.4 Å². The van der Waals surface area contributed by atoms with Crippen molar-refractivity contribution in [1.82, 2.24) is 15.1 Å². The van der Waals surface area contributed by atoms with Crippen LogP contribution in [0.25, 0.3) is 6.08 Å². The summed E-state index contributed by atoms with van der Waals surface area (Å²) in [4.78, 5) is 12.2. The number of carbonyl (C=O) groups excluding carboxylic acids is 1. The molecule has 1 aliphatic rings. The molecule has 1 heterocycles. The number of carbonyl (C=O) groups is 1. The van der Waals surface area contributed by atoms with Gasteiger partial charge < -0.3 is 14.8 Å². The van der Waals surface area contributed by atoms with Crippen molar-refractivity contribution in [3.8, 4) is 11.5 Å². The van der Waals surface area contributed by atoms with Gasteiger partial charge in [0.25, 0.3) is 0 Å². The van der Waals surface area contributed by atoms with E-state index in [0.29, 0.717) is 30.7 Å². The van der Waals surface area contributed by atoms with Gasteiger partial charge in [-0.25, -0.2) is 0 Å². The number of ether oxygens (including phenoxy) is 2. The van der Waals surface area contributed by atoms with Gasteiger partial charge in [0.15, 0.2) is 11.5 Å². The molecule has 1 aliphatic carbocycles. The van der Waals surface area contributed by atoms with Gasteiger partial charge in [0.1, 0.15) is 6.61 Å². The molecule has 1 aromatic heterocycles. The number of halogens is 1. The Balaban J connectivity index is 0.00000300. The number of rotatable bonds is 8. The SMILES string of the molecule is COc1cc(C=CC(=O)N[C@H]2CC[C@H](C)CC2)ccc1OCCn1cccn1.Cl. The molecule has 3 rings (SSSR count). The van der Waals surface area contributed by atoms with E-state index >= 15 is 0 Å². The van der Waals surface area contributed by atoms with Gasteiger partial charge in [-0.2, -0.15) is 5.10 Å². The Bertz CT molecular complexity index is 785. The molecular weight excluding hydrogens is 390 g/mol. The van der Waals surface area contributed by atoms with Crippen LogP contribution in [0.5, 0.6) is 11.5 Å². The Morgan fingerprint density at radius 3 is 2.76 bits per heavy atom. The van der Waals surface area contributed by atoms with Crippen LogP contribution in [0.15, 0.2) is 42.7 Å². The first kappa shape index (κ1) is 22.8. The topological polar surface area (TPSA) is 65.4 Å². The smallest absolute Gasteiger partial charge is 0.244 e. The van der Waals surface area contributed by atoms with Crippen molar-refractivity contribution in [2.45, 2.75) is 45.2 Å². The normalized spacial score (nSPS) is 18.8. The highest BCUT2D eigenvalue weighted by atomic mass is 35.5. The summed E-state index contributed by atoms with van der Waals surface area (Å²) in [5.74, 6) is 2.05. The molecule has 0 bridgehead atoms. The summed E-state index contributed by atoms with van der Waals surface area (Å²) < 4.78 is 13.0. The Morgan fingerprint density at radius 2 is 2.07 bits per heavy atom. The minimum absolute atomic E-state index is 0. The summed E-state index contributed by atoms with van der Waals surface area (Å²) >= 11 is 0. The first-order valence-electron chi connectivity index (χ1n) is 9.91. The van der Waals surface area contributed by atoms with Crippen molar-refractivity contribution in [3.63, 3.8) is 0 Å². The summed E-state index contributed by atoms with van der Waals surface area (Å²) in [5, 5.41) is 7.25. The van der Waals surface area contributed by atoms with Crippen LogP contribution in [-0.2, 0) is 11.3 Å². The Labute approximate surface area is 178 Å². The highest BCUT2D eigenvalue weighted by Gasteiger charge is 2.18. The number of hydrogen-bond donors (Lipinski definition) is 1. The average molecular weight is 420 g/mol. The second-order valence-corrected chi connectivity index (χ2v) is 7.33. The Morgan fingerprint density at radius 1 is 1.28 bits per heavy atom. The summed E-state index contributed by atoms with van der Waals surface area (Å²) in [6, 6.07) is 7.83. The molecule has 0 saturated heterocycles. The maximum atomic E-state index is 12.2. The number of aromatic nitrogens is 2. The highest BCUT2D eigenvalue weighted by molar-refractivity contribution is 5.92. The molecule has 1 aromatic carbocycles. The van der Waals surface area contributed by atoms with E-state index in [4.69, 9.17) is 9.47 Å². The number of amides is 1. The van der Waals surface area contributed by atoms with E-state index in [1.54, 1.807) is 25.5 Å². The van der Waals surface area contributed by atoms with Crippen molar-refractivity contribution in [2.24, 2.45) is 5.92 Å². The van der Waals surface area contributed by atoms with E-state index < -0.39 is 0 Å². The van der Waals surface area contributed by atoms with Gasteiger partial charge in [0, 0.05) is 24.5 Å². The largest absolute Gasteiger partial charge is 0.493 e. The summed E-state index contributed by atoms with van der Waals surface area (Å²) in [6.45, 7) is 3.43. The van der Waals surface area contributed by atoms with Crippen LogP contribution >= 0.6 is 12.4 Å². The lowest BCUT2D eigenvalue weighted by atomic mass is 9.87. The maximum absolute atomic E-state index is 12.2. The number of nitrogens with one attached hydrogen (secondary N) is 1. The third-order valence-electron chi connectivity index (χ3n) is 5.11. The lowest BCUT2D eigenvalue weighted by Crippen LogP contribution is -2.36. The maximum Gasteiger partial charge on any atom is 0.244 e. The van der Waals surface area contributed by atoms with Gasteiger partial charge in [0.2, 0.25) is 5.91 Å². The van der Waals surface area contributed by atoms with Crippen LogP contribution in [-0.4, -0.2) is 35.4 Å². The monoisotopic (exact) mass is 419 g/mol. The molecule has 1 saturated carbocycles. The number of methoxy groups -OCH3 is 1. The Hall–Kier alpha value is -2.47. The molecule has 0 unspecified atom stereocenters. The fourth-order valence-corrected chi connectivity index (χ4v) is 3.41. The highest BCUT2D eigenvalue weighted by Crippen LogP contribution is 2.28. The van der Waals surface area contributed by atoms with Crippen molar-refractivity contribution < 1.29 is 14.3 Å². The minimum Gasteiger partial charge on any atom is -0.493 e. The number of nitrogens with zero attached hydrogens (tertiary/aromatic N) is 2. The Kier molecular flexibility index (Phi) is 9.06.